The minimum atomic E-state index is -3.12. The van der Waals surface area contributed by atoms with E-state index >= 15 is 0 Å². The Morgan fingerprint density at radius 3 is 2.26 bits per heavy atom. The van der Waals surface area contributed by atoms with E-state index < -0.39 is 9.84 Å². The van der Waals surface area contributed by atoms with Crippen LogP contribution in [0.1, 0.15) is 24.0 Å². The summed E-state index contributed by atoms with van der Waals surface area (Å²) in [5, 5.41) is 0. The third-order valence-electron chi connectivity index (χ3n) is 5.89. The Balaban J connectivity index is 1.42. The molecule has 2 aromatic carbocycles. The molecule has 5 heteroatoms. The fraction of sp³-hybridized carbons (Fsp3) is 0.455. The van der Waals surface area contributed by atoms with Crippen LogP contribution >= 0.6 is 0 Å². The van der Waals surface area contributed by atoms with E-state index in [4.69, 9.17) is 0 Å². The summed E-state index contributed by atoms with van der Waals surface area (Å²) in [5.41, 5.74) is 2.59. The molecule has 3 aliphatic rings. The first kappa shape index (κ1) is 18.7. The van der Waals surface area contributed by atoms with Gasteiger partial charge < -0.3 is 0 Å². The number of sulfone groups is 1. The van der Waals surface area contributed by atoms with Gasteiger partial charge in [0.2, 0.25) is 0 Å². The van der Waals surface area contributed by atoms with Gasteiger partial charge in [-0.2, -0.15) is 0 Å². The molecule has 0 radical (unpaired) electrons. The number of nitrogens with zero attached hydrogens (tertiary/aromatic N) is 2. The Bertz CT molecular complexity index is 865. The number of piperidine rings is 1. The van der Waals surface area contributed by atoms with Crippen LogP contribution in [0.4, 0.5) is 0 Å². The number of benzene rings is 2. The molecule has 3 heterocycles. The summed E-state index contributed by atoms with van der Waals surface area (Å²) in [4.78, 5) is 5.62. The van der Waals surface area contributed by atoms with Crippen molar-refractivity contribution in [1.29, 1.82) is 0 Å². The molecule has 2 aromatic rings. The summed E-state index contributed by atoms with van der Waals surface area (Å²) in [6.07, 6.45) is 3.86. The van der Waals surface area contributed by atoms with E-state index in [0.717, 1.165) is 32.1 Å². The van der Waals surface area contributed by atoms with Crippen molar-refractivity contribution < 1.29 is 8.42 Å². The van der Waals surface area contributed by atoms with E-state index in [1.54, 1.807) is 12.1 Å². The lowest BCUT2D eigenvalue weighted by atomic mass is 9.94. The third kappa shape index (κ3) is 4.60. The van der Waals surface area contributed by atoms with Crippen molar-refractivity contribution in [3.8, 4) is 0 Å². The van der Waals surface area contributed by atoms with Crippen LogP contribution in [0, 0.1) is 5.92 Å². The largest absolute Gasteiger partial charge is 0.297 e. The second kappa shape index (κ2) is 7.74. The maximum Gasteiger partial charge on any atom is 0.175 e. The first-order valence-electron chi connectivity index (χ1n) is 9.77. The molecule has 144 valence electrons. The Morgan fingerprint density at radius 2 is 1.56 bits per heavy atom. The van der Waals surface area contributed by atoms with Crippen molar-refractivity contribution in [3.63, 3.8) is 0 Å². The van der Waals surface area contributed by atoms with Gasteiger partial charge in [-0.3, -0.25) is 9.80 Å². The molecule has 3 aliphatic heterocycles. The Hall–Kier alpha value is -1.69. The maximum atomic E-state index is 11.6. The molecule has 3 fully saturated rings. The zero-order valence-electron chi connectivity index (χ0n) is 15.9. The minimum Gasteiger partial charge on any atom is -0.297 e. The fourth-order valence-corrected chi connectivity index (χ4v) is 5.15. The van der Waals surface area contributed by atoms with Gasteiger partial charge in [-0.25, -0.2) is 8.42 Å². The molecular formula is C22H28N2O2S. The van der Waals surface area contributed by atoms with Gasteiger partial charge in [-0.15, -0.1) is 0 Å². The van der Waals surface area contributed by atoms with Crippen LogP contribution in [0.3, 0.4) is 0 Å². The molecule has 0 aromatic heterocycles. The van der Waals surface area contributed by atoms with Gasteiger partial charge in [0.25, 0.3) is 0 Å². The van der Waals surface area contributed by atoms with Gasteiger partial charge in [0.1, 0.15) is 0 Å². The smallest absolute Gasteiger partial charge is 0.175 e. The molecule has 2 atom stereocenters. The minimum absolute atomic E-state index is 0.399. The van der Waals surface area contributed by atoms with Gasteiger partial charge >= 0.3 is 0 Å². The molecule has 0 aliphatic carbocycles. The van der Waals surface area contributed by atoms with Crippen LogP contribution < -0.4 is 0 Å². The predicted molar refractivity (Wildman–Crippen MR) is 108 cm³/mol. The molecule has 27 heavy (non-hydrogen) atoms. The van der Waals surface area contributed by atoms with Gasteiger partial charge in [0.15, 0.2) is 9.84 Å². The summed E-state index contributed by atoms with van der Waals surface area (Å²) in [6, 6.07) is 18.8. The summed E-state index contributed by atoms with van der Waals surface area (Å²) < 4.78 is 23.3. The molecule has 4 nitrogen and oxygen atoms in total. The van der Waals surface area contributed by atoms with Gasteiger partial charge in [-0.05, 0) is 42.0 Å². The van der Waals surface area contributed by atoms with Crippen LogP contribution in [-0.2, 0) is 22.9 Å². The van der Waals surface area contributed by atoms with Crippen LogP contribution in [0.2, 0.25) is 0 Å². The zero-order valence-corrected chi connectivity index (χ0v) is 16.7. The van der Waals surface area contributed by atoms with E-state index in [9.17, 15) is 8.42 Å². The average molecular weight is 385 g/mol. The molecule has 0 N–H and O–H groups in total. The SMILES string of the molecule is CS(=O)(=O)c1ccc(CN2C[C@@H]3CC[C@H](C2)N(Cc2ccccc2)C3)cc1. The summed E-state index contributed by atoms with van der Waals surface area (Å²) in [6.45, 7) is 5.35. The highest BCUT2D eigenvalue weighted by molar-refractivity contribution is 7.90. The topological polar surface area (TPSA) is 40.6 Å². The van der Waals surface area contributed by atoms with Crippen molar-refractivity contribution in [2.45, 2.75) is 36.9 Å². The van der Waals surface area contributed by atoms with Crippen molar-refractivity contribution >= 4 is 9.84 Å². The van der Waals surface area contributed by atoms with Crippen LogP contribution in [-0.4, -0.2) is 50.1 Å². The van der Waals surface area contributed by atoms with E-state index in [2.05, 4.69) is 40.1 Å². The molecule has 0 amide bonds. The molecule has 2 bridgehead atoms. The standard InChI is InChI=1S/C22H28N2O2S/c1-27(25,26)22-11-8-19(9-12-22)13-23-14-20-7-10-21(17-23)24(16-20)15-18-5-3-2-4-6-18/h2-6,8-9,11-12,20-21H,7,10,13-17H2,1H3/t20-,21+/m0/s1. The van der Waals surface area contributed by atoms with Crippen molar-refractivity contribution in [1.82, 2.24) is 9.80 Å². The highest BCUT2D eigenvalue weighted by Crippen LogP contribution is 2.30. The number of fused-ring (bicyclic) bond motifs is 4. The van der Waals surface area contributed by atoms with E-state index in [0.29, 0.717) is 10.9 Å². The lowest BCUT2D eigenvalue weighted by molar-refractivity contribution is 0.123. The Morgan fingerprint density at radius 1 is 0.852 bits per heavy atom. The number of hydrogen-bond donors (Lipinski definition) is 0. The van der Waals surface area contributed by atoms with Crippen molar-refractivity contribution in [2.75, 3.05) is 25.9 Å². The summed E-state index contributed by atoms with van der Waals surface area (Å²) in [5.74, 6) is 0.725. The molecule has 3 saturated heterocycles. The van der Waals surface area contributed by atoms with E-state index in [1.165, 1.54) is 36.8 Å². The quantitative estimate of drug-likeness (QED) is 0.794. The van der Waals surface area contributed by atoms with Crippen LogP contribution in [0.5, 0.6) is 0 Å². The average Bonchev–Trinajstić information content (AvgIpc) is 2.93. The molecule has 0 spiro atoms. The predicted octanol–water partition coefficient (Wildman–Crippen LogP) is 3.19. The van der Waals surface area contributed by atoms with Gasteiger partial charge in [-0.1, -0.05) is 42.5 Å². The lowest BCUT2D eigenvalue weighted by Gasteiger charge is -2.36. The Labute approximate surface area is 162 Å². The maximum absolute atomic E-state index is 11.6. The molecule has 5 rings (SSSR count). The fourth-order valence-electron chi connectivity index (χ4n) is 4.52. The van der Waals surface area contributed by atoms with Crippen molar-refractivity contribution in [3.05, 3.63) is 65.7 Å². The van der Waals surface area contributed by atoms with Gasteiger partial charge in [0, 0.05) is 45.0 Å². The summed E-state index contributed by atoms with van der Waals surface area (Å²) in [7, 11) is -3.12. The molecule has 0 unspecified atom stereocenters. The molecule has 0 saturated carbocycles. The van der Waals surface area contributed by atoms with Gasteiger partial charge in [0.05, 0.1) is 4.90 Å². The zero-order chi connectivity index (χ0) is 18.9. The number of hydrogen-bond acceptors (Lipinski definition) is 4. The second-order valence-corrected chi connectivity index (χ2v) is 10.1. The summed E-state index contributed by atoms with van der Waals surface area (Å²) >= 11 is 0. The van der Waals surface area contributed by atoms with E-state index in [-0.39, 0.29) is 0 Å². The second-order valence-electron chi connectivity index (χ2n) is 8.12. The monoisotopic (exact) mass is 384 g/mol. The molecular weight excluding hydrogens is 356 g/mol. The van der Waals surface area contributed by atoms with E-state index in [1.807, 2.05) is 12.1 Å². The Kier molecular flexibility index (Phi) is 5.35. The normalized spacial score (nSPS) is 24.0. The van der Waals surface area contributed by atoms with Crippen LogP contribution in [0.25, 0.3) is 0 Å². The highest BCUT2D eigenvalue weighted by Gasteiger charge is 2.34. The highest BCUT2D eigenvalue weighted by atomic mass is 32.2. The first-order chi connectivity index (χ1) is 13.0. The number of rotatable bonds is 5. The third-order valence-corrected chi connectivity index (χ3v) is 7.02. The lowest BCUT2D eigenvalue weighted by Crippen LogP contribution is -2.43. The van der Waals surface area contributed by atoms with Crippen LogP contribution in [0.15, 0.2) is 59.5 Å². The van der Waals surface area contributed by atoms with Crippen molar-refractivity contribution in [2.24, 2.45) is 5.92 Å². The first-order valence-corrected chi connectivity index (χ1v) is 11.7.